The van der Waals surface area contributed by atoms with Gasteiger partial charge in [0.05, 0.1) is 17.9 Å². The fraction of sp³-hybridized carbons (Fsp3) is 0.238. The summed E-state index contributed by atoms with van der Waals surface area (Å²) < 4.78 is 15.3. The third-order valence-corrected chi connectivity index (χ3v) is 5.41. The molecule has 0 aliphatic carbocycles. The lowest BCUT2D eigenvalue weighted by molar-refractivity contribution is -0.116. The number of aromatic nitrogens is 3. The van der Waals surface area contributed by atoms with Crippen LogP contribution in [0.5, 0.6) is 0 Å². The zero-order valence-electron chi connectivity index (χ0n) is 16.9. The van der Waals surface area contributed by atoms with Crippen LogP contribution in [0.2, 0.25) is 0 Å². The molecule has 3 rings (SSSR count). The van der Waals surface area contributed by atoms with E-state index in [4.69, 9.17) is 0 Å². The van der Waals surface area contributed by atoms with Crippen molar-refractivity contribution < 1.29 is 14.0 Å². The molecule has 0 bridgehead atoms. The average Bonchev–Trinajstić information content (AvgIpc) is 3.04. The standard InChI is InChI=1S/C21H22FN5O2S/c1-13-8-9-14(2)17(10-13)24-20(29)12-30-21-26-25-18(27(21)3)11-19(28)23-16-7-5-4-6-15(16)22/h4-10H,11-12H2,1-3H3,(H,23,28)(H,24,29). The first-order valence-corrected chi connectivity index (χ1v) is 10.2. The van der Waals surface area contributed by atoms with Gasteiger partial charge in [0.2, 0.25) is 11.8 Å². The highest BCUT2D eigenvalue weighted by molar-refractivity contribution is 7.99. The van der Waals surface area contributed by atoms with E-state index in [1.54, 1.807) is 23.7 Å². The van der Waals surface area contributed by atoms with E-state index in [1.807, 2.05) is 32.0 Å². The maximum absolute atomic E-state index is 13.7. The summed E-state index contributed by atoms with van der Waals surface area (Å²) in [4.78, 5) is 24.5. The number of amides is 2. The molecule has 9 heteroatoms. The van der Waals surface area contributed by atoms with Gasteiger partial charge in [-0.25, -0.2) is 4.39 Å². The zero-order chi connectivity index (χ0) is 21.7. The van der Waals surface area contributed by atoms with E-state index in [9.17, 15) is 14.0 Å². The molecule has 7 nitrogen and oxygen atoms in total. The van der Waals surface area contributed by atoms with E-state index in [1.165, 1.54) is 23.9 Å². The summed E-state index contributed by atoms with van der Waals surface area (Å²) in [7, 11) is 1.72. The summed E-state index contributed by atoms with van der Waals surface area (Å²) in [6, 6.07) is 11.8. The molecule has 0 aliphatic heterocycles. The normalized spacial score (nSPS) is 10.7. The SMILES string of the molecule is Cc1ccc(C)c(NC(=O)CSc2nnc(CC(=O)Nc3ccccc3F)n2C)c1. The Balaban J connectivity index is 1.56. The molecule has 2 N–H and O–H groups in total. The number of halogens is 1. The lowest BCUT2D eigenvalue weighted by atomic mass is 10.1. The minimum absolute atomic E-state index is 0.0624. The quantitative estimate of drug-likeness (QED) is 0.564. The number of nitrogens with one attached hydrogen (secondary N) is 2. The van der Waals surface area contributed by atoms with Crippen molar-refractivity contribution in [3.63, 3.8) is 0 Å². The van der Waals surface area contributed by atoms with Crippen molar-refractivity contribution in [2.75, 3.05) is 16.4 Å². The second-order valence-electron chi connectivity index (χ2n) is 6.82. The van der Waals surface area contributed by atoms with Gasteiger partial charge in [-0.05, 0) is 43.2 Å². The predicted octanol–water partition coefficient (Wildman–Crippen LogP) is 3.48. The van der Waals surface area contributed by atoms with Crippen LogP contribution in [-0.4, -0.2) is 32.3 Å². The highest BCUT2D eigenvalue weighted by Crippen LogP contribution is 2.20. The van der Waals surface area contributed by atoms with Gasteiger partial charge < -0.3 is 15.2 Å². The van der Waals surface area contributed by atoms with E-state index >= 15 is 0 Å². The van der Waals surface area contributed by atoms with Crippen molar-refractivity contribution in [3.05, 3.63) is 65.2 Å². The van der Waals surface area contributed by atoms with Gasteiger partial charge in [-0.3, -0.25) is 9.59 Å². The number of rotatable bonds is 7. The molecule has 1 aromatic heterocycles. The van der Waals surface area contributed by atoms with Gasteiger partial charge in [0, 0.05) is 12.7 Å². The summed E-state index contributed by atoms with van der Waals surface area (Å²) in [6.45, 7) is 3.90. The Bertz CT molecular complexity index is 1080. The second-order valence-corrected chi connectivity index (χ2v) is 7.76. The van der Waals surface area contributed by atoms with E-state index in [2.05, 4.69) is 20.8 Å². The van der Waals surface area contributed by atoms with Crippen LogP contribution in [0.1, 0.15) is 17.0 Å². The van der Waals surface area contributed by atoms with Crippen molar-refractivity contribution in [2.45, 2.75) is 25.4 Å². The fourth-order valence-electron chi connectivity index (χ4n) is 2.71. The lowest BCUT2D eigenvalue weighted by Crippen LogP contribution is -2.18. The molecule has 0 unspecified atom stereocenters. The molecule has 156 valence electrons. The first kappa shape index (κ1) is 21.5. The molecule has 0 atom stereocenters. The van der Waals surface area contributed by atoms with Crippen LogP contribution in [0, 0.1) is 19.7 Å². The number of para-hydroxylation sites is 1. The molecule has 0 spiro atoms. The van der Waals surface area contributed by atoms with E-state index in [-0.39, 0.29) is 23.8 Å². The maximum Gasteiger partial charge on any atom is 0.234 e. The van der Waals surface area contributed by atoms with Crippen LogP contribution < -0.4 is 10.6 Å². The number of aryl methyl sites for hydroxylation is 2. The van der Waals surface area contributed by atoms with Gasteiger partial charge in [-0.2, -0.15) is 0 Å². The largest absolute Gasteiger partial charge is 0.325 e. The minimum atomic E-state index is -0.505. The highest BCUT2D eigenvalue weighted by atomic mass is 32.2. The number of anilines is 2. The molecule has 0 aliphatic rings. The molecule has 2 amide bonds. The first-order chi connectivity index (χ1) is 14.3. The first-order valence-electron chi connectivity index (χ1n) is 9.26. The van der Waals surface area contributed by atoms with Crippen molar-refractivity contribution in [1.82, 2.24) is 14.8 Å². The number of carbonyl (C=O) groups is 2. The Morgan fingerprint density at radius 2 is 1.77 bits per heavy atom. The summed E-state index contributed by atoms with van der Waals surface area (Å²) in [6.07, 6.45) is -0.0624. The summed E-state index contributed by atoms with van der Waals surface area (Å²) in [5.41, 5.74) is 2.95. The molecule has 0 saturated heterocycles. The molecule has 2 aromatic carbocycles. The van der Waals surface area contributed by atoms with Gasteiger partial charge in [-0.15, -0.1) is 10.2 Å². The summed E-state index contributed by atoms with van der Waals surface area (Å²) >= 11 is 1.22. The Kier molecular flexibility index (Phi) is 6.83. The Hall–Kier alpha value is -3.20. The molecular formula is C21H22FN5O2S. The van der Waals surface area contributed by atoms with Crippen molar-refractivity contribution in [3.8, 4) is 0 Å². The predicted molar refractivity (Wildman–Crippen MR) is 115 cm³/mol. The van der Waals surface area contributed by atoms with Gasteiger partial charge in [0.15, 0.2) is 5.16 Å². The molecular weight excluding hydrogens is 405 g/mol. The maximum atomic E-state index is 13.7. The molecule has 0 radical (unpaired) electrons. The lowest BCUT2D eigenvalue weighted by Gasteiger charge is -2.09. The highest BCUT2D eigenvalue weighted by Gasteiger charge is 2.15. The Morgan fingerprint density at radius 3 is 2.53 bits per heavy atom. The van der Waals surface area contributed by atoms with Gasteiger partial charge >= 0.3 is 0 Å². The number of carbonyl (C=O) groups excluding carboxylic acids is 2. The molecule has 3 aromatic rings. The van der Waals surface area contributed by atoms with Crippen LogP contribution >= 0.6 is 11.8 Å². The van der Waals surface area contributed by atoms with Crippen LogP contribution in [0.4, 0.5) is 15.8 Å². The summed E-state index contributed by atoms with van der Waals surface area (Å²) in [5, 5.41) is 14.0. The van der Waals surface area contributed by atoms with Gasteiger partial charge in [0.1, 0.15) is 11.6 Å². The summed E-state index contributed by atoms with van der Waals surface area (Å²) in [5.74, 6) is -0.493. The topological polar surface area (TPSA) is 88.9 Å². The number of hydrogen-bond acceptors (Lipinski definition) is 5. The Labute approximate surface area is 178 Å². The molecule has 0 saturated carbocycles. The number of thioether (sulfide) groups is 1. The molecule has 0 fully saturated rings. The Morgan fingerprint density at radius 1 is 1.03 bits per heavy atom. The smallest absolute Gasteiger partial charge is 0.234 e. The molecule has 1 heterocycles. The monoisotopic (exact) mass is 427 g/mol. The third-order valence-electron chi connectivity index (χ3n) is 4.39. The number of benzene rings is 2. The fourth-order valence-corrected chi connectivity index (χ4v) is 3.44. The van der Waals surface area contributed by atoms with Crippen LogP contribution in [0.25, 0.3) is 0 Å². The van der Waals surface area contributed by atoms with Crippen molar-refractivity contribution in [1.29, 1.82) is 0 Å². The third kappa shape index (κ3) is 5.44. The van der Waals surface area contributed by atoms with Crippen LogP contribution in [0.15, 0.2) is 47.6 Å². The number of hydrogen-bond donors (Lipinski definition) is 2. The van der Waals surface area contributed by atoms with Gasteiger partial charge in [-0.1, -0.05) is 36.0 Å². The van der Waals surface area contributed by atoms with E-state index in [0.717, 1.165) is 16.8 Å². The van der Waals surface area contributed by atoms with Crippen LogP contribution in [-0.2, 0) is 23.1 Å². The van der Waals surface area contributed by atoms with Crippen molar-refractivity contribution >= 4 is 35.0 Å². The zero-order valence-corrected chi connectivity index (χ0v) is 17.7. The van der Waals surface area contributed by atoms with Crippen molar-refractivity contribution in [2.24, 2.45) is 7.05 Å². The number of nitrogens with zero attached hydrogens (tertiary/aromatic N) is 3. The van der Waals surface area contributed by atoms with E-state index in [0.29, 0.717) is 11.0 Å². The average molecular weight is 428 g/mol. The van der Waals surface area contributed by atoms with Gasteiger partial charge in [0.25, 0.3) is 0 Å². The van der Waals surface area contributed by atoms with Crippen LogP contribution in [0.3, 0.4) is 0 Å². The second kappa shape index (κ2) is 9.53. The van der Waals surface area contributed by atoms with E-state index < -0.39 is 11.7 Å². The minimum Gasteiger partial charge on any atom is -0.325 e. The molecule has 30 heavy (non-hydrogen) atoms.